The van der Waals surface area contributed by atoms with Crippen LogP contribution in [0.15, 0.2) is 78.4 Å². The van der Waals surface area contributed by atoms with Gasteiger partial charge in [-0.05, 0) is 42.0 Å². The molecule has 0 spiro atoms. The van der Waals surface area contributed by atoms with Gasteiger partial charge in [-0.25, -0.2) is 18.9 Å². The van der Waals surface area contributed by atoms with Crippen molar-refractivity contribution in [1.82, 2.24) is 5.32 Å². The summed E-state index contributed by atoms with van der Waals surface area (Å²) in [6.07, 6.45) is 1.26. The van der Waals surface area contributed by atoms with Crippen molar-refractivity contribution >= 4 is 35.6 Å². The van der Waals surface area contributed by atoms with Crippen LogP contribution < -0.4 is 15.0 Å². The fourth-order valence-electron chi connectivity index (χ4n) is 3.30. The third-order valence-corrected chi connectivity index (χ3v) is 5.01. The lowest BCUT2D eigenvalue weighted by Gasteiger charge is -2.26. The maximum atomic E-state index is 14.2. The molecule has 1 aliphatic heterocycles. The number of carboxylic acid groups (broad SMARTS) is 1. The molecule has 1 fully saturated rings. The van der Waals surface area contributed by atoms with Crippen LogP contribution in [0, 0.1) is 5.82 Å². The highest BCUT2D eigenvalue weighted by Crippen LogP contribution is 2.27. The van der Waals surface area contributed by atoms with Crippen molar-refractivity contribution in [2.45, 2.75) is 6.61 Å². The van der Waals surface area contributed by atoms with E-state index in [2.05, 4.69) is 5.32 Å². The number of ether oxygens (including phenoxy) is 1. The Bertz CT molecular complexity index is 1330. The van der Waals surface area contributed by atoms with Gasteiger partial charge in [0, 0.05) is 5.56 Å². The molecule has 1 saturated heterocycles. The summed E-state index contributed by atoms with van der Waals surface area (Å²) in [5.41, 5.74) is 0.577. The first-order chi connectivity index (χ1) is 16.3. The van der Waals surface area contributed by atoms with Gasteiger partial charge in [-0.15, -0.1) is 0 Å². The van der Waals surface area contributed by atoms with E-state index in [0.29, 0.717) is 21.8 Å². The molecule has 0 bridgehead atoms. The van der Waals surface area contributed by atoms with Crippen LogP contribution in [-0.4, -0.2) is 28.9 Å². The normalized spacial score (nSPS) is 14.8. The standard InChI is InChI=1S/C25H17FN2O6/c26-19-6-2-3-7-20(19)28-23(30)18(22(29)27-25(28)33)13-17-5-1-4-8-21(17)34-14-15-9-11-16(12-10-15)24(31)32/h1-13H,14H2,(H,31,32)(H,27,29,33)/b18-13+. The molecule has 0 radical (unpaired) electrons. The number of aromatic carboxylic acids is 1. The highest BCUT2D eigenvalue weighted by molar-refractivity contribution is 6.39. The van der Waals surface area contributed by atoms with Crippen molar-refractivity contribution in [1.29, 1.82) is 0 Å². The van der Waals surface area contributed by atoms with Crippen molar-refractivity contribution in [3.05, 3.63) is 101 Å². The number of carbonyl (C=O) groups excluding carboxylic acids is 3. The molecule has 9 heteroatoms. The van der Waals surface area contributed by atoms with Crippen molar-refractivity contribution in [3.63, 3.8) is 0 Å². The SMILES string of the molecule is O=C1NC(=O)N(c2ccccc2F)C(=O)/C1=C/c1ccccc1OCc1ccc(C(=O)O)cc1. The molecule has 0 aliphatic carbocycles. The van der Waals surface area contributed by atoms with E-state index >= 15 is 0 Å². The van der Waals surface area contributed by atoms with Crippen molar-refractivity contribution in [3.8, 4) is 5.75 Å². The van der Waals surface area contributed by atoms with Crippen LogP contribution in [-0.2, 0) is 16.2 Å². The number of carboxylic acids is 1. The molecule has 2 N–H and O–H groups in total. The van der Waals surface area contributed by atoms with Gasteiger partial charge < -0.3 is 9.84 Å². The Kier molecular flexibility index (Phi) is 6.18. The van der Waals surface area contributed by atoms with E-state index in [1.807, 2.05) is 0 Å². The van der Waals surface area contributed by atoms with Crippen LogP contribution >= 0.6 is 0 Å². The number of rotatable bonds is 6. The van der Waals surface area contributed by atoms with Gasteiger partial charge in [-0.2, -0.15) is 0 Å². The van der Waals surface area contributed by atoms with Crippen LogP contribution in [0.5, 0.6) is 5.75 Å². The Balaban J connectivity index is 1.61. The molecule has 3 aromatic carbocycles. The fourth-order valence-corrected chi connectivity index (χ4v) is 3.30. The lowest BCUT2D eigenvalue weighted by molar-refractivity contribution is -0.122. The zero-order valence-electron chi connectivity index (χ0n) is 17.5. The first-order valence-electron chi connectivity index (χ1n) is 10.0. The van der Waals surface area contributed by atoms with E-state index in [1.54, 1.807) is 36.4 Å². The van der Waals surface area contributed by atoms with E-state index in [4.69, 9.17) is 9.84 Å². The van der Waals surface area contributed by atoms with Gasteiger partial charge >= 0.3 is 12.0 Å². The Morgan fingerprint density at radius 2 is 1.65 bits per heavy atom. The zero-order chi connectivity index (χ0) is 24.2. The number of halogens is 1. The molecule has 1 heterocycles. The number of amides is 4. The molecule has 0 unspecified atom stereocenters. The summed E-state index contributed by atoms with van der Waals surface area (Å²) in [4.78, 5) is 49.3. The summed E-state index contributed by atoms with van der Waals surface area (Å²) in [7, 11) is 0. The summed E-state index contributed by atoms with van der Waals surface area (Å²) >= 11 is 0. The number of para-hydroxylation sites is 2. The second-order valence-electron chi connectivity index (χ2n) is 7.24. The van der Waals surface area contributed by atoms with E-state index in [-0.39, 0.29) is 23.4 Å². The third kappa shape index (κ3) is 4.53. The van der Waals surface area contributed by atoms with Gasteiger partial charge in [-0.3, -0.25) is 14.9 Å². The van der Waals surface area contributed by atoms with Crippen LogP contribution in [0.2, 0.25) is 0 Å². The minimum absolute atomic E-state index is 0.0973. The van der Waals surface area contributed by atoms with Crippen LogP contribution in [0.4, 0.5) is 14.9 Å². The number of hydrogen-bond donors (Lipinski definition) is 2. The smallest absolute Gasteiger partial charge is 0.336 e. The number of hydrogen-bond acceptors (Lipinski definition) is 5. The largest absolute Gasteiger partial charge is 0.488 e. The van der Waals surface area contributed by atoms with E-state index in [0.717, 1.165) is 6.07 Å². The summed E-state index contributed by atoms with van der Waals surface area (Å²) in [5, 5.41) is 11.0. The average molecular weight is 460 g/mol. The maximum Gasteiger partial charge on any atom is 0.336 e. The summed E-state index contributed by atoms with van der Waals surface area (Å²) in [5.74, 6) is -3.38. The topological polar surface area (TPSA) is 113 Å². The van der Waals surface area contributed by atoms with Gasteiger partial charge in [0.05, 0.1) is 11.3 Å². The van der Waals surface area contributed by atoms with E-state index < -0.39 is 29.6 Å². The number of nitrogens with zero attached hydrogens (tertiary/aromatic N) is 1. The Labute approximate surface area is 192 Å². The molecule has 0 saturated carbocycles. The predicted molar refractivity (Wildman–Crippen MR) is 120 cm³/mol. The highest BCUT2D eigenvalue weighted by atomic mass is 19.1. The average Bonchev–Trinajstić information content (AvgIpc) is 2.82. The Hall–Kier alpha value is -4.79. The molecule has 8 nitrogen and oxygen atoms in total. The number of barbiturate groups is 1. The highest BCUT2D eigenvalue weighted by Gasteiger charge is 2.38. The van der Waals surface area contributed by atoms with Crippen molar-refractivity contribution in [2.24, 2.45) is 0 Å². The molecule has 4 amide bonds. The minimum atomic E-state index is -1.05. The first-order valence-corrected chi connectivity index (χ1v) is 10.0. The molecule has 0 atom stereocenters. The van der Waals surface area contributed by atoms with Crippen molar-refractivity contribution in [2.75, 3.05) is 4.90 Å². The third-order valence-electron chi connectivity index (χ3n) is 5.01. The molecule has 34 heavy (non-hydrogen) atoms. The van der Waals surface area contributed by atoms with Crippen LogP contribution in [0.3, 0.4) is 0 Å². The minimum Gasteiger partial charge on any atom is -0.488 e. The lowest BCUT2D eigenvalue weighted by atomic mass is 10.1. The summed E-state index contributed by atoms with van der Waals surface area (Å²) in [6.45, 7) is 0.0973. The van der Waals surface area contributed by atoms with Gasteiger partial charge in [0.25, 0.3) is 11.8 Å². The van der Waals surface area contributed by atoms with E-state index in [9.17, 15) is 23.6 Å². The van der Waals surface area contributed by atoms with Gasteiger partial charge in [0.1, 0.15) is 23.7 Å². The molecule has 4 rings (SSSR count). The Morgan fingerprint density at radius 3 is 2.35 bits per heavy atom. The van der Waals surface area contributed by atoms with Crippen LogP contribution in [0.25, 0.3) is 6.08 Å². The predicted octanol–water partition coefficient (Wildman–Crippen LogP) is 3.77. The number of imide groups is 2. The van der Waals surface area contributed by atoms with Gasteiger partial charge in [-0.1, -0.05) is 42.5 Å². The van der Waals surface area contributed by atoms with Gasteiger partial charge in [0.2, 0.25) is 0 Å². The number of benzene rings is 3. The molecule has 0 aromatic heterocycles. The molecule has 3 aromatic rings. The lowest BCUT2D eigenvalue weighted by Crippen LogP contribution is -2.54. The molecule has 170 valence electrons. The molecular weight excluding hydrogens is 443 g/mol. The number of carbonyl (C=O) groups is 4. The monoisotopic (exact) mass is 460 g/mol. The maximum absolute atomic E-state index is 14.2. The first kappa shape index (κ1) is 22.4. The zero-order valence-corrected chi connectivity index (χ0v) is 17.5. The fraction of sp³-hybridized carbons (Fsp3) is 0.0400. The number of urea groups is 1. The molecule has 1 aliphatic rings. The second kappa shape index (κ2) is 9.37. The Morgan fingerprint density at radius 1 is 0.971 bits per heavy atom. The van der Waals surface area contributed by atoms with Crippen molar-refractivity contribution < 1.29 is 33.4 Å². The van der Waals surface area contributed by atoms with E-state index in [1.165, 1.54) is 36.4 Å². The molecular formula is C25H17FN2O6. The second-order valence-corrected chi connectivity index (χ2v) is 7.24. The quantitative estimate of drug-likeness (QED) is 0.428. The summed E-state index contributed by atoms with van der Waals surface area (Å²) < 4.78 is 20.0. The number of nitrogens with one attached hydrogen (secondary N) is 1. The van der Waals surface area contributed by atoms with Crippen LogP contribution in [0.1, 0.15) is 21.5 Å². The van der Waals surface area contributed by atoms with Gasteiger partial charge in [0.15, 0.2) is 0 Å². The number of anilines is 1. The summed E-state index contributed by atoms with van der Waals surface area (Å²) in [6, 6.07) is 16.9.